The molecule has 1 aliphatic rings. The summed E-state index contributed by atoms with van der Waals surface area (Å²) in [6.07, 6.45) is 5.22. The quantitative estimate of drug-likeness (QED) is 0.520. The zero-order chi connectivity index (χ0) is 24.5. The molecule has 0 atom stereocenters. The summed E-state index contributed by atoms with van der Waals surface area (Å²) in [5.41, 5.74) is 1.74. The van der Waals surface area contributed by atoms with Crippen LogP contribution < -0.4 is 5.32 Å². The number of carbonyl (C=O) groups excluding carboxylic acids is 2. The van der Waals surface area contributed by atoms with Gasteiger partial charge in [0.1, 0.15) is 5.69 Å². The van der Waals surface area contributed by atoms with Crippen molar-refractivity contribution in [2.75, 3.05) is 11.9 Å². The van der Waals surface area contributed by atoms with Crippen LogP contribution in [0.4, 0.5) is 5.69 Å². The Morgan fingerprint density at radius 2 is 1.94 bits per heavy atom. The lowest BCUT2D eigenvalue weighted by Gasteiger charge is -2.27. The molecule has 1 aliphatic carbocycles. The van der Waals surface area contributed by atoms with Crippen molar-refractivity contribution in [1.29, 1.82) is 0 Å². The number of amides is 1. The Morgan fingerprint density at radius 3 is 2.59 bits per heavy atom. The van der Waals surface area contributed by atoms with Crippen molar-refractivity contribution in [1.82, 2.24) is 14.8 Å². The van der Waals surface area contributed by atoms with E-state index in [9.17, 15) is 14.7 Å². The van der Waals surface area contributed by atoms with Gasteiger partial charge in [-0.15, -0.1) is 0 Å². The fourth-order valence-corrected chi connectivity index (χ4v) is 4.58. The topological polar surface area (TPSA) is 106 Å². The molecule has 34 heavy (non-hydrogen) atoms. The molecule has 0 spiro atoms. The van der Waals surface area contributed by atoms with Gasteiger partial charge in [0.05, 0.1) is 29.7 Å². The first-order valence-electron chi connectivity index (χ1n) is 11.8. The molecule has 1 amide bonds. The van der Waals surface area contributed by atoms with Gasteiger partial charge in [0.2, 0.25) is 0 Å². The second-order valence-electron chi connectivity index (χ2n) is 9.50. The van der Waals surface area contributed by atoms with Crippen molar-refractivity contribution in [2.45, 2.75) is 65.0 Å². The summed E-state index contributed by atoms with van der Waals surface area (Å²) in [6.45, 7) is 7.44. The fraction of sp³-hybridized carbons (Fsp3) is 0.462. The molecule has 8 heteroatoms. The van der Waals surface area contributed by atoms with E-state index in [-0.39, 0.29) is 23.8 Å². The normalized spacial score (nSPS) is 18.6. The summed E-state index contributed by atoms with van der Waals surface area (Å²) in [6, 6.07) is 9.16. The number of esters is 1. The molecule has 0 radical (unpaired) electrons. The molecular weight excluding hydrogens is 432 g/mol. The highest BCUT2D eigenvalue weighted by atomic mass is 16.5. The highest BCUT2D eigenvalue weighted by molar-refractivity contribution is 6.04. The summed E-state index contributed by atoms with van der Waals surface area (Å²) in [5.74, 6) is -0.483. The van der Waals surface area contributed by atoms with Crippen molar-refractivity contribution in [3.8, 4) is 0 Å². The number of fused-ring (bicyclic) bond motifs is 1. The van der Waals surface area contributed by atoms with Crippen LogP contribution in [0.1, 0.15) is 74.2 Å². The standard InChI is InChI=1S/C26H32N4O4/c1-5-34-25(32)17-9-11-19(12-10-17)30-15-18-13-23(20(26(3,4)33)14-22(18)29-30)28-24(31)21-8-6-7-16(2)27-21/h6-8,13-15,17,19,33H,5,9-12H2,1-4H3,(H,28,31). The Labute approximate surface area is 199 Å². The maximum atomic E-state index is 12.9. The monoisotopic (exact) mass is 464 g/mol. The van der Waals surface area contributed by atoms with Crippen LogP contribution in [0.2, 0.25) is 0 Å². The number of nitrogens with one attached hydrogen (secondary N) is 1. The number of ether oxygens (including phenoxy) is 1. The number of hydrogen-bond acceptors (Lipinski definition) is 6. The Bertz CT molecular complexity index is 1200. The van der Waals surface area contributed by atoms with Gasteiger partial charge in [-0.3, -0.25) is 14.3 Å². The molecule has 2 N–H and O–H groups in total. The number of aliphatic hydroxyl groups is 1. The number of carbonyl (C=O) groups is 2. The molecule has 0 bridgehead atoms. The van der Waals surface area contributed by atoms with Crippen molar-refractivity contribution < 1.29 is 19.4 Å². The van der Waals surface area contributed by atoms with Crippen LogP contribution in [-0.2, 0) is 15.1 Å². The molecule has 180 valence electrons. The molecule has 3 aromatic rings. The van der Waals surface area contributed by atoms with Crippen molar-refractivity contribution in [3.05, 3.63) is 53.5 Å². The van der Waals surface area contributed by atoms with Gasteiger partial charge in [-0.2, -0.15) is 5.10 Å². The predicted molar refractivity (Wildman–Crippen MR) is 130 cm³/mol. The van der Waals surface area contributed by atoms with Crippen molar-refractivity contribution in [2.24, 2.45) is 5.92 Å². The first-order valence-corrected chi connectivity index (χ1v) is 11.8. The van der Waals surface area contributed by atoms with Gasteiger partial charge in [-0.25, -0.2) is 4.98 Å². The Hall–Kier alpha value is -3.26. The maximum Gasteiger partial charge on any atom is 0.308 e. The van der Waals surface area contributed by atoms with Gasteiger partial charge in [0.15, 0.2) is 0 Å². The van der Waals surface area contributed by atoms with E-state index < -0.39 is 5.60 Å². The second kappa shape index (κ2) is 9.54. The van der Waals surface area contributed by atoms with E-state index in [1.165, 1.54) is 0 Å². The highest BCUT2D eigenvalue weighted by Crippen LogP contribution is 2.36. The lowest BCUT2D eigenvalue weighted by Crippen LogP contribution is -2.25. The largest absolute Gasteiger partial charge is 0.466 e. The van der Waals surface area contributed by atoms with E-state index in [0.29, 0.717) is 23.6 Å². The molecule has 2 aromatic heterocycles. The van der Waals surface area contributed by atoms with E-state index in [2.05, 4.69) is 10.3 Å². The molecule has 0 saturated heterocycles. The summed E-state index contributed by atoms with van der Waals surface area (Å²) < 4.78 is 7.13. The third-order valence-corrected chi connectivity index (χ3v) is 6.38. The molecule has 2 heterocycles. The maximum absolute atomic E-state index is 12.9. The fourth-order valence-electron chi connectivity index (χ4n) is 4.58. The number of aryl methyl sites for hydroxylation is 1. The Balaban J connectivity index is 1.59. The average molecular weight is 465 g/mol. The lowest BCUT2D eigenvalue weighted by atomic mass is 9.86. The number of nitrogens with zero attached hydrogens (tertiary/aromatic N) is 3. The number of pyridine rings is 1. The third-order valence-electron chi connectivity index (χ3n) is 6.38. The summed E-state index contributed by atoms with van der Waals surface area (Å²) >= 11 is 0. The summed E-state index contributed by atoms with van der Waals surface area (Å²) in [7, 11) is 0. The minimum absolute atomic E-state index is 0.0417. The minimum Gasteiger partial charge on any atom is -0.466 e. The van der Waals surface area contributed by atoms with Crippen LogP contribution in [0.15, 0.2) is 36.5 Å². The van der Waals surface area contributed by atoms with Crippen LogP contribution in [0.3, 0.4) is 0 Å². The molecule has 4 rings (SSSR count). The van der Waals surface area contributed by atoms with Gasteiger partial charge in [0, 0.05) is 28.5 Å². The molecule has 0 aliphatic heterocycles. The van der Waals surface area contributed by atoms with E-state index in [1.54, 1.807) is 26.0 Å². The van der Waals surface area contributed by atoms with Crippen LogP contribution in [0, 0.1) is 12.8 Å². The minimum atomic E-state index is -1.18. The molecule has 1 saturated carbocycles. The molecule has 8 nitrogen and oxygen atoms in total. The van der Waals surface area contributed by atoms with Gasteiger partial charge >= 0.3 is 5.97 Å². The van der Waals surface area contributed by atoms with Crippen LogP contribution >= 0.6 is 0 Å². The first-order chi connectivity index (χ1) is 16.2. The number of rotatable bonds is 6. The van der Waals surface area contributed by atoms with Gasteiger partial charge < -0.3 is 15.2 Å². The lowest BCUT2D eigenvalue weighted by molar-refractivity contribution is -0.149. The predicted octanol–water partition coefficient (Wildman–Crippen LogP) is 4.51. The van der Waals surface area contributed by atoms with Gasteiger partial charge in [-0.1, -0.05) is 6.07 Å². The number of hydrogen-bond donors (Lipinski definition) is 2. The van der Waals surface area contributed by atoms with Gasteiger partial charge in [0.25, 0.3) is 5.91 Å². The number of aromatic nitrogens is 3. The Morgan fingerprint density at radius 1 is 1.21 bits per heavy atom. The Kier molecular flexibility index (Phi) is 6.70. The molecular formula is C26H32N4O4. The summed E-state index contributed by atoms with van der Waals surface area (Å²) in [4.78, 5) is 29.2. The van der Waals surface area contributed by atoms with Crippen LogP contribution in [0.25, 0.3) is 10.9 Å². The smallest absolute Gasteiger partial charge is 0.308 e. The molecule has 1 aromatic carbocycles. The van der Waals surface area contributed by atoms with E-state index in [1.807, 2.05) is 42.9 Å². The van der Waals surface area contributed by atoms with Crippen molar-refractivity contribution >= 4 is 28.5 Å². The molecule has 0 unspecified atom stereocenters. The third kappa shape index (κ3) is 5.12. The van der Waals surface area contributed by atoms with Crippen molar-refractivity contribution in [3.63, 3.8) is 0 Å². The van der Waals surface area contributed by atoms with E-state index in [0.717, 1.165) is 42.3 Å². The van der Waals surface area contributed by atoms with Gasteiger partial charge in [-0.05, 0) is 77.6 Å². The first kappa shape index (κ1) is 23.9. The second-order valence-corrected chi connectivity index (χ2v) is 9.50. The van der Waals surface area contributed by atoms with E-state index >= 15 is 0 Å². The van der Waals surface area contributed by atoms with E-state index in [4.69, 9.17) is 9.84 Å². The summed E-state index contributed by atoms with van der Waals surface area (Å²) in [5, 5.41) is 19.4. The van der Waals surface area contributed by atoms with Crippen LogP contribution in [0.5, 0.6) is 0 Å². The number of anilines is 1. The SMILES string of the molecule is CCOC(=O)C1CCC(n2cc3cc(NC(=O)c4cccc(C)n4)c(C(C)(C)O)cc3n2)CC1. The zero-order valence-corrected chi connectivity index (χ0v) is 20.2. The highest BCUT2D eigenvalue weighted by Gasteiger charge is 2.29. The molecule has 1 fully saturated rings. The zero-order valence-electron chi connectivity index (χ0n) is 20.2. The number of benzene rings is 1. The average Bonchev–Trinajstić information content (AvgIpc) is 3.21. The van der Waals surface area contributed by atoms with Crippen LogP contribution in [-0.4, -0.2) is 38.4 Å².